The number of benzene rings is 1. The molecule has 0 fully saturated rings. The number of rotatable bonds is 10. The second-order valence-corrected chi connectivity index (χ2v) is 6.74. The van der Waals surface area contributed by atoms with Crippen LogP contribution in [-0.4, -0.2) is 48.7 Å². The van der Waals surface area contributed by atoms with Crippen LogP contribution in [0.15, 0.2) is 30.3 Å². The van der Waals surface area contributed by atoms with E-state index in [-0.39, 0.29) is 41.6 Å². The van der Waals surface area contributed by atoms with E-state index in [0.717, 1.165) is 0 Å². The number of hydrogen-bond donors (Lipinski definition) is 1. The summed E-state index contributed by atoms with van der Waals surface area (Å²) in [5.74, 6) is -0.0459. The molecule has 162 valence electrons. The molecule has 0 spiro atoms. The van der Waals surface area contributed by atoms with Crippen LogP contribution in [0.2, 0.25) is 0 Å². The van der Waals surface area contributed by atoms with Crippen LogP contribution in [0.25, 0.3) is 0 Å². The van der Waals surface area contributed by atoms with Crippen LogP contribution in [0.5, 0.6) is 23.5 Å². The maximum atomic E-state index is 12.9. The van der Waals surface area contributed by atoms with Crippen LogP contribution in [0.3, 0.4) is 0 Å². The lowest BCUT2D eigenvalue weighted by atomic mass is 10.0. The summed E-state index contributed by atoms with van der Waals surface area (Å²) in [7, 11) is 2.91. The summed E-state index contributed by atoms with van der Waals surface area (Å²) in [5.41, 5.74) is 0.223. The Morgan fingerprint density at radius 2 is 1.70 bits per heavy atom. The summed E-state index contributed by atoms with van der Waals surface area (Å²) in [6.07, 6.45) is 0.448. The smallest absolute Gasteiger partial charge is 0.328 e. The van der Waals surface area contributed by atoms with Crippen molar-refractivity contribution in [3.05, 3.63) is 35.9 Å². The number of methoxy groups -OCH3 is 2. The van der Waals surface area contributed by atoms with Crippen LogP contribution in [0, 0.1) is 5.92 Å². The second kappa shape index (κ2) is 11.0. The molecule has 0 aliphatic carbocycles. The van der Waals surface area contributed by atoms with Crippen LogP contribution in [0.1, 0.15) is 37.6 Å². The number of esters is 1. The number of carbonyl (C=O) groups excluding carboxylic acids is 2. The van der Waals surface area contributed by atoms with E-state index in [2.05, 4.69) is 15.3 Å². The van der Waals surface area contributed by atoms with Crippen molar-refractivity contribution in [2.45, 2.75) is 33.2 Å². The van der Waals surface area contributed by atoms with Crippen LogP contribution in [-0.2, 0) is 9.53 Å². The van der Waals surface area contributed by atoms with Crippen molar-refractivity contribution in [3.8, 4) is 23.5 Å². The summed E-state index contributed by atoms with van der Waals surface area (Å²) in [5, 5.41) is 2.74. The quantitative estimate of drug-likeness (QED) is 0.588. The number of aromatic nitrogens is 2. The molecule has 30 heavy (non-hydrogen) atoms. The minimum Gasteiger partial charge on any atom is -0.481 e. The molecule has 1 atom stereocenters. The average molecular weight is 417 g/mol. The van der Waals surface area contributed by atoms with Crippen molar-refractivity contribution in [2.75, 3.05) is 20.8 Å². The zero-order valence-corrected chi connectivity index (χ0v) is 17.8. The highest BCUT2D eigenvalue weighted by atomic mass is 16.5. The summed E-state index contributed by atoms with van der Waals surface area (Å²) in [4.78, 5) is 33.4. The molecule has 1 heterocycles. The fourth-order valence-corrected chi connectivity index (χ4v) is 2.64. The van der Waals surface area contributed by atoms with Crippen molar-refractivity contribution in [3.63, 3.8) is 0 Å². The largest absolute Gasteiger partial charge is 0.481 e. The molecule has 1 amide bonds. The lowest BCUT2D eigenvalue weighted by molar-refractivity contribution is -0.145. The third-order valence-electron chi connectivity index (χ3n) is 3.99. The van der Waals surface area contributed by atoms with E-state index in [9.17, 15) is 9.59 Å². The summed E-state index contributed by atoms with van der Waals surface area (Å²) in [6, 6.07) is 7.28. The molecule has 0 aliphatic heterocycles. The lowest BCUT2D eigenvalue weighted by Gasteiger charge is -2.19. The second-order valence-electron chi connectivity index (χ2n) is 6.74. The molecule has 0 saturated heterocycles. The average Bonchev–Trinajstić information content (AvgIpc) is 2.73. The fraction of sp³-hybridized carbons (Fsp3) is 0.429. The molecular weight excluding hydrogens is 390 g/mol. The molecule has 1 N–H and O–H groups in total. The molecule has 2 rings (SSSR count). The number of nitrogens with one attached hydrogen (secondary N) is 1. The number of nitrogens with zero attached hydrogens (tertiary/aromatic N) is 2. The first-order chi connectivity index (χ1) is 14.4. The van der Waals surface area contributed by atoms with Gasteiger partial charge in [-0.05, 0) is 31.4 Å². The zero-order valence-electron chi connectivity index (χ0n) is 17.8. The molecule has 9 heteroatoms. The minimum absolute atomic E-state index is 0.0458. The van der Waals surface area contributed by atoms with Crippen molar-refractivity contribution in [1.82, 2.24) is 15.3 Å². The van der Waals surface area contributed by atoms with E-state index in [4.69, 9.17) is 18.9 Å². The van der Waals surface area contributed by atoms with Gasteiger partial charge in [-0.25, -0.2) is 4.79 Å². The highest BCUT2D eigenvalue weighted by Gasteiger charge is 2.25. The van der Waals surface area contributed by atoms with Gasteiger partial charge in [-0.3, -0.25) is 4.79 Å². The van der Waals surface area contributed by atoms with Gasteiger partial charge in [-0.15, -0.1) is 0 Å². The number of hydrogen-bond acceptors (Lipinski definition) is 8. The van der Waals surface area contributed by atoms with E-state index >= 15 is 0 Å². The molecule has 0 radical (unpaired) electrons. The molecule has 0 aliphatic rings. The Morgan fingerprint density at radius 1 is 1.07 bits per heavy atom. The van der Waals surface area contributed by atoms with Gasteiger partial charge in [-0.2, -0.15) is 9.97 Å². The van der Waals surface area contributed by atoms with Crippen LogP contribution in [0.4, 0.5) is 0 Å². The number of amides is 1. The number of ether oxygens (including phenoxy) is 4. The van der Waals surface area contributed by atoms with Crippen molar-refractivity contribution < 1.29 is 28.5 Å². The topological polar surface area (TPSA) is 109 Å². The van der Waals surface area contributed by atoms with E-state index < -0.39 is 17.9 Å². The monoisotopic (exact) mass is 417 g/mol. The molecule has 1 aromatic heterocycles. The maximum absolute atomic E-state index is 12.9. The summed E-state index contributed by atoms with van der Waals surface area (Å²) < 4.78 is 21.0. The van der Waals surface area contributed by atoms with Gasteiger partial charge in [0.05, 0.1) is 32.5 Å². The predicted molar refractivity (Wildman–Crippen MR) is 109 cm³/mol. The highest BCUT2D eigenvalue weighted by molar-refractivity contribution is 5.99. The first-order valence-corrected chi connectivity index (χ1v) is 9.59. The van der Waals surface area contributed by atoms with Gasteiger partial charge in [0.25, 0.3) is 5.91 Å². The Balaban J connectivity index is 2.27. The standard InChI is InChI=1S/C21H27N3O6/c1-6-29-20(26)15(11-13(2)3)22-19(25)14-9-7-8-10-16(14)30-21-23-17(27-4)12-18(24-21)28-5/h7-10,12-13,15H,6,11H2,1-5H3,(H,22,25)/t15-/m0/s1. The van der Waals surface area contributed by atoms with Gasteiger partial charge in [0.1, 0.15) is 11.8 Å². The predicted octanol–water partition coefficient (Wildman–Crippen LogP) is 2.99. The molecule has 0 unspecified atom stereocenters. The number of carbonyl (C=O) groups is 2. The Bertz CT molecular complexity index is 849. The SMILES string of the molecule is CCOC(=O)[C@H](CC(C)C)NC(=O)c1ccccc1Oc1nc(OC)cc(OC)n1. The molecule has 9 nitrogen and oxygen atoms in total. The van der Waals surface area contributed by atoms with Crippen LogP contribution < -0.4 is 19.5 Å². The van der Waals surface area contributed by atoms with Gasteiger partial charge in [0.2, 0.25) is 11.8 Å². The first kappa shape index (κ1) is 22.9. The molecule has 0 saturated carbocycles. The van der Waals surface area contributed by atoms with Gasteiger partial charge in [0, 0.05) is 0 Å². The van der Waals surface area contributed by atoms with Gasteiger partial charge < -0.3 is 24.3 Å². The Hall–Kier alpha value is -3.36. The summed E-state index contributed by atoms with van der Waals surface area (Å²) in [6.45, 7) is 5.88. The van der Waals surface area contributed by atoms with Gasteiger partial charge in [-0.1, -0.05) is 26.0 Å². The normalized spacial score (nSPS) is 11.5. The van der Waals surface area contributed by atoms with Crippen molar-refractivity contribution in [1.29, 1.82) is 0 Å². The highest BCUT2D eigenvalue weighted by Crippen LogP contribution is 2.26. The fourth-order valence-electron chi connectivity index (χ4n) is 2.64. The molecule has 0 bridgehead atoms. The van der Waals surface area contributed by atoms with E-state index in [1.165, 1.54) is 20.3 Å². The minimum atomic E-state index is -0.765. The maximum Gasteiger partial charge on any atom is 0.328 e. The third kappa shape index (κ3) is 6.33. The lowest BCUT2D eigenvalue weighted by Crippen LogP contribution is -2.42. The Morgan fingerprint density at radius 3 is 2.27 bits per heavy atom. The Labute approximate surface area is 175 Å². The van der Waals surface area contributed by atoms with Crippen LogP contribution >= 0.6 is 0 Å². The van der Waals surface area contributed by atoms with Gasteiger partial charge >= 0.3 is 12.0 Å². The zero-order chi connectivity index (χ0) is 22.1. The Kier molecular flexibility index (Phi) is 8.40. The molecule has 1 aromatic carbocycles. The first-order valence-electron chi connectivity index (χ1n) is 9.59. The number of para-hydroxylation sites is 1. The van der Waals surface area contributed by atoms with E-state index in [1.807, 2.05) is 13.8 Å². The van der Waals surface area contributed by atoms with E-state index in [1.54, 1.807) is 31.2 Å². The molecular formula is C21H27N3O6. The van der Waals surface area contributed by atoms with E-state index in [0.29, 0.717) is 6.42 Å². The van der Waals surface area contributed by atoms with Crippen molar-refractivity contribution in [2.24, 2.45) is 5.92 Å². The summed E-state index contributed by atoms with van der Waals surface area (Å²) >= 11 is 0. The van der Waals surface area contributed by atoms with Gasteiger partial charge in [0.15, 0.2) is 0 Å². The third-order valence-corrected chi connectivity index (χ3v) is 3.99. The van der Waals surface area contributed by atoms with Crippen molar-refractivity contribution >= 4 is 11.9 Å². The molecule has 2 aromatic rings.